The van der Waals surface area contributed by atoms with Crippen molar-refractivity contribution in [3.63, 3.8) is 0 Å². The van der Waals surface area contributed by atoms with Gasteiger partial charge in [0.05, 0.1) is 11.5 Å². The Bertz CT molecular complexity index is 492. The van der Waals surface area contributed by atoms with Gasteiger partial charge in [-0.15, -0.1) is 0 Å². The van der Waals surface area contributed by atoms with Gasteiger partial charge < -0.3 is 14.7 Å². The van der Waals surface area contributed by atoms with Crippen molar-refractivity contribution >= 4 is 11.9 Å². The van der Waals surface area contributed by atoms with Crippen LogP contribution in [0.3, 0.4) is 0 Å². The highest BCUT2D eigenvalue weighted by Crippen LogP contribution is 2.35. The van der Waals surface area contributed by atoms with Crippen LogP contribution >= 0.6 is 0 Å². The lowest BCUT2D eigenvalue weighted by Gasteiger charge is -2.23. The van der Waals surface area contributed by atoms with Crippen LogP contribution in [-0.4, -0.2) is 40.2 Å². The summed E-state index contributed by atoms with van der Waals surface area (Å²) < 4.78 is 5.55. The Morgan fingerprint density at radius 1 is 1.60 bits per heavy atom. The maximum absolute atomic E-state index is 11.5. The number of aromatic nitrogens is 2. The zero-order valence-electron chi connectivity index (χ0n) is 12.2. The molecule has 1 unspecified atom stereocenters. The monoisotopic (exact) mass is 279 g/mol. The fourth-order valence-corrected chi connectivity index (χ4v) is 2.45. The maximum atomic E-state index is 11.5. The Kier molecular flexibility index (Phi) is 4.11. The molecule has 0 aromatic carbocycles. The van der Waals surface area contributed by atoms with Gasteiger partial charge in [-0.3, -0.25) is 4.79 Å². The van der Waals surface area contributed by atoms with Crippen molar-refractivity contribution in [2.75, 3.05) is 18.0 Å². The number of anilines is 1. The van der Waals surface area contributed by atoms with Gasteiger partial charge in [0.2, 0.25) is 11.8 Å². The molecule has 0 spiro atoms. The summed E-state index contributed by atoms with van der Waals surface area (Å²) in [6, 6.07) is 1.71. The number of hydrogen-bond donors (Lipinski definition) is 1. The van der Waals surface area contributed by atoms with E-state index in [-0.39, 0.29) is 6.10 Å². The SMILES string of the molecule is CCC1(C(=O)O)CCN(c2nccc(OC(C)C)n2)C1. The Hall–Kier alpha value is -1.85. The third-order valence-electron chi connectivity index (χ3n) is 3.74. The topological polar surface area (TPSA) is 75.5 Å². The molecular weight excluding hydrogens is 258 g/mol. The summed E-state index contributed by atoms with van der Waals surface area (Å²) in [6.07, 6.45) is 2.93. The van der Waals surface area contributed by atoms with Crippen LogP contribution < -0.4 is 9.64 Å². The molecule has 1 fully saturated rings. The van der Waals surface area contributed by atoms with Crippen LogP contribution in [0.4, 0.5) is 5.95 Å². The minimum absolute atomic E-state index is 0.0464. The molecule has 1 aliphatic rings. The molecule has 1 N–H and O–H groups in total. The lowest BCUT2D eigenvalue weighted by Crippen LogP contribution is -2.34. The van der Waals surface area contributed by atoms with Gasteiger partial charge in [-0.05, 0) is 26.7 Å². The second-order valence-corrected chi connectivity index (χ2v) is 5.47. The van der Waals surface area contributed by atoms with Crippen molar-refractivity contribution in [1.29, 1.82) is 0 Å². The Morgan fingerprint density at radius 3 is 2.90 bits per heavy atom. The number of carbonyl (C=O) groups is 1. The molecule has 1 aromatic heterocycles. The standard InChI is InChI=1S/C14H21N3O3/c1-4-14(12(18)19)6-8-17(9-14)13-15-7-5-11(16-13)20-10(2)3/h5,7,10H,4,6,8-9H2,1-3H3,(H,18,19). The molecule has 20 heavy (non-hydrogen) atoms. The first-order chi connectivity index (χ1) is 9.47. The summed E-state index contributed by atoms with van der Waals surface area (Å²) in [5.41, 5.74) is -0.682. The minimum Gasteiger partial charge on any atom is -0.481 e. The van der Waals surface area contributed by atoms with E-state index in [9.17, 15) is 9.90 Å². The Labute approximate surface area is 118 Å². The highest BCUT2D eigenvalue weighted by atomic mass is 16.5. The number of ether oxygens (including phenoxy) is 1. The zero-order chi connectivity index (χ0) is 14.8. The van der Waals surface area contributed by atoms with E-state index in [1.807, 2.05) is 25.7 Å². The highest BCUT2D eigenvalue weighted by Gasteiger charge is 2.44. The van der Waals surface area contributed by atoms with E-state index in [0.717, 1.165) is 0 Å². The van der Waals surface area contributed by atoms with Crippen molar-refractivity contribution in [2.45, 2.75) is 39.7 Å². The van der Waals surface area contributed by atoms with Gasteiger partial charge in [0.25, 0.3) is 0 Å². The van der Waals surface area contributed by atoms with Crippen LogP contribution in [0.2, 0.25) is 0 Å². The molecule has 2 heterocycles. The first-order valence-corrected chi connectivity index (χ1v) is 6.95. The molecule has 1 aliphatic heterocycles. The van der Waals surface area contributed by atoms with Crippen molar-refractivity contribution in [3.8, 4) is 5.88 Å². The third-order valence-corrected chi connectivity index (χ3v) is 3.74. The molecule has 0 aliphatic carbocycles. The Balaban J connectivity index is 2.15. The van der Waals surface area contributed by atoms with Crippen molar-refractivity contribution < 1.29 is 14.6 Å². The van der Waals surface area contributed by atoms with Crippen LogP contribution in [0.25, 0.3) is 0 Å². The summed E-state index contributed by atoms with van der Waals surface area (Å²) >= 11 is 0. The van der Waals surface area contributed by atoms with Crippen LogP contribution in [0.5, 0.6) is 5.88 Å². The van der Waals surface area contributed by atoms with E-state index in [0.29, 0.717) is 37.8 Å². The van der Waals surface area contributed by atoms with Gasteiger partial charge in [0, 0.05) is 25.4 Å². The van der Waals surface area contributed by atoms with Gasteiger partial charge >= 0.3 is 5.97 Å². The molecule has 1 aromatic rings. The summed E-state index contributed by atoms with van der Waals surface area (Å²) in [6.45, 7) is 6.89. The van der Waals surface area contributed by atoms with E-state index in [1.54, 1.807) is 12.3 Å². The van der Waals surface area contributed by atoms with E-state index >= 15 is 0 Å². The second-order valence-electron chi connectivity index (χ2n) is 5.47. The van der Waals surface area contributed by atoms with E-state index in [2.05, 4.69) is 9.97 Å². The molecule has 0 amide bonds. The van der Waals surface area contributed by atoms with Gasteiger partial charge in [0.1, 0.15) is 0 Å². The van der Waals surface area contributed by atoms with Crippen LogP contribution in [0, 0.1) is 5.41 Å². The molecule has 0 bridgehead atoms. The van der Waals surface area contributed by atoms with Gasteiger partial charge in [-0.2, -0.15) is 4.98 Å². The molecular formula is C14H21N3O3. The van der Waals surface area contributed by atoms with Gasteiger partial charge in [0.15, 0.2) is 0 Å². The number of hydrogen-bond acceptors (Lipinski definition) is 5. The first-order valence-electron chi connectivity index (χ1n) is 6.95. The number of rotatable bonds is 5. The molecule has 6 nitrogen and oxygen atoms in total. The van der Waals surface area contributed by atoms with Gasteiger partial charge in [-0.1, -0.05) is 6.92 Å². The van der Waals surface area contributed by atoms with E-state index in [1.165, 1.54) is 0 Å². The van der Waals surface area contributed by atoms with Crippen LogP contribution in [0.15, 0.2) is 12.3 Å². The minimum atomic E-state index is -0.739. The summed E-state index contributed by atoms with van der Waals surface area (Å²) in [5.74, 6) is 0.325. The smallest absolute Gasteiger partial charge is 0.311 e. The van der Waals surface area contributed by atoms with E-state index in [4.69, 9.17) is 4.74 Å². The summed E-state index contributed by atoms with van der Waals surface area (Å²) in [5, 5.41) is 9.41. The molecule has 6 heteroatoms. The molecule has 110 valence electrons. The zero-order valence-corrected chi connectivity index (χ0v) is 12.2. The number of carboxylic acids is 1. The van der Waals surface area contributed by atoms with Crippen LogP contribution in [-0.2, 0) is 4.79 Å². The first kappa shape index (κ1) is 14.6. The summed E-state index contributed by atoms with van der Waals surface area (Å²) in [4.78, 5) is 22.0. The second kappa shape index (κ2) is 5.64. The molecule has 1 saturated heterocycles. The number of aliphatic carboxylic acids is 1. The number of nitrogens with zero attached hydrogens (tertiary/aromatic N) is 3. The van der Waals surface area contributed by atoms with E-state index < -0.39 is 11.4 Å². The van der Waals surface area contributed by atoms with Crippen LogP contribution in [0.1, 0.15) is 33.6 Å². The predicted molar refractivity (Wildman–Crippen MR) is 75.0 cm³/mol. The normalized spacial score (nSPS) is 22.3. The number of carboxylic acid groups (broad SMARTS) is 1. The lowest BCUT2D eigenvalue weighted by atomic mass is 9.84. The fraction of sp³-hybridized carbons (Fsp3) is 0.643. The van der Waals surface area contributed by atoms with Crippen molar-refractivity contribution in [2.24, 2.45) is 5.41 Å². The molecule has 1 atom stereocenters. The average molecular weight is 279 g/mol. The maximum Gasteiger partial charge on any atom is 0.311 e. The largest absolute Gasteiger partial charge is 0.481 e. The Morgan fingerprint density at radius 2 is 2.35 bits per heavy atom. The summed E-state index contributed by atoms with van der Waals surface area (Å²) in [7, 11) is 0. The lowest BCUT2D eigenvalue weighted by molar-refractivity contribution is -0.147. The highest BCUT2D eigenvalue weighted by molar-refractivity contribution is 5.76. The average Bonchev–Trinajstić information content (AvgIpc) is 2.84. The van der Waals surface area contributed by atoms with Crippen molar-refractivity contribution in [3.05, 3.63) is 12.3 Å². The predicted octanol–water partition coefficient (Wildman–Crippen LogP) is 1.95. The fourth-order valence-electron chi connectivity index (χ4n) is 2.45. The quantitative estimate of drug-likeness (QED) is 0.888. The molecule has 2 rings (SSSR count). The molecule has 0 radical (unpaired) electrons. The van der Waals surface area contributed by atoms with Crippen molar-refractivity contribution in [1.82, 2.24) is 9.97 Å². The third kappa shape index (κ3) is 2.84. The van der Waals surface area contributed by atoms with Gasteiger partial charge in [-0.25, -0.2) is 4.98 Å². The molecule has 0 saturated carbocycles.